The first kappa shape index (κ1) is 10.6. The van der Waals surface area contributed by atoms with Crippen LogP contribution in [0.4, 0.5) is 0 Å². The van der Waals surface area contributed by atoms with Gasteiger partial charge in [-0.1, -0.05) is 20.4 Å². The minimum atomic E-state index is -0.0990. The number of hydrogen-bond acceptors (Lipinski definition) is 2. The average Bonchev–Trinajstić information content (AvgIpc) is 2.60. The summed E-state index contributed by atoms with van der Waals surface area (Å²) in [5.41, 5.74) is 1.15. The van der Waals surface area contributed by atoms with Crippen LogP contribution in [0.25, 0.3) is 0 Å². The second kappa shape index (κ2) is 3.70. The molecule has 2 fully saturated rings. The van der Waals surface area contributed by atoms with E-state index in [0.717, 1.165) is 13.0 Å². The van der Waals surface area contributed by atoms with Crippen LogP contribution in [0.5, 0.6) is 0 Å². The monoisotopic (exact) mass is 183 g/mol. The van der Waals surface area contributed by atoms with Gasteiger partial charge < -0.3 is 9.64 Å². The lowest BCUT2D eigenvalue weighted by Gasteiger charge is -2.31. The summed E-state index contributed by atoms with van der Waals surface area (Å²) in [5.74, 6) is 0. The summed E-state index contributed by atoms with van der Waals surface area (Å²) in [6.07, 6.45) is 2.37. The van der Waals surface area contributed by atoms with Gasteiger partial charge in [-0.05, 0) is 26.7 Å². The SMILES string of the molecule is C=C1CCC2COC(C)(C)N12.CC. The molecule has 0 aliphatic carbocycles. The number of hydrogen-bond donors (Lipinski definition) is 0. The molecule has 2 aliphatic rings. The van der Waals surface area contributed by atoms with E-state index in [1.54, 1.807) is 0 Å². The lowest BCUT2D eigenvalue weighted by atomic mass is 10.2. The molecule has 0 bridgehead atoms. The minimum Gasteiger partial charge on any atom is -0.354 e. The molecule has 0 aromatic carbocycles. The summed E-state index contributed by atoms with van der Waals surface area (Å²) >= 11 is 0. The Morgan fingerprint density at radius 3 is 2.62 bits per heavy atom. The van der Waals surface area contributed by atoms with Gasteiger partial charge in [-0.2, -0.15) is 0 Å². The largest absolute Gasteiger partial charge is 0.354 e. The van der Waals surface area contributed by atoms with Crippen molar-refractivity contribution >= 4 is 0 Å². The average molecular weight is 183 g/mol. The zero-order valence-electron chi connectivity index (χ0n) is 9.26. The molecular weight excluding hydrogens is 162 g/mol. The molecule has 2 aliphatic heterocycles. The van der Waals surface area contributed by atoms with Crippen molar-refractivity contribution in [2.45, 2.75) is 52.3 Å². The van der Waals surface area contributed by atoms with Crippen LogP contribution in [0.3, 0.4) is 0 Å². The van der Waals surface area contributed by atoms with E-state index in [9.17, 15) is 0 Å². The summed E-state index contributed by atoms with van der Waals surface area (Å²) in [4.78, 5) is 2.33. The van der Waals surface area contributed by atoms with Crippen LogP contribution >= 0.6 is 0 Å². The molecule has 0 amide bonds. The molecule has 2 nitrogen and oxygen atoms in total. The fourth-order valence-electron chi connectivity index (χ4n) is 2.19. The molecule has 2 heterocycles. The molecule has 2 rings (SSSR count). The standard InChI is InChI=1S/C9H15NO.C2H6/c1-7-4-5-8-6-11-9(2,3)10(7)8;1-2/h8H,1,4-6H2,2-3H3;1-2H3. The van der Waals surface area contributed by atoms with Crippen LogP contribution in [-0.4, -0.2) is 23.3 Å². The number of nitrogens with zero attached hydrogens (tertiary/aromatic N) is 1. The van der Waals surface area contributed by atoms with E-state index in [2.05, 4.69) is 25.3 Å². The van der Waals surface area contributed by atoms with Gasteiger partial charge in [0, 0.05) is 5.70 Å². The maximum absolute atomic E-state index is 5.64. The number of ether oxygens (including phenoxy) is 1. The van der Waals surface area contributed by atoms with Gasteiger partial charge in [0.2, 0.25) is 0 Å². The molecule has 0 radical (unpaired) electrons. The quantitative estimate of drug-likeness (QED) is 0.572. The Bertz CT molecular complexity index is 198. The van der Waals surface area contributed by atoms with E-state index in [1.165, 1.54) is 12.1 Å². The summed E-state index contributed by atoms with van der Waals surface area (Å²) in [6, 6.07) is 0.609. The number of rotatable bonds is 0. The van der Waals surface area contributed by atoms with Crippen molar-refractivity contribution in [1.82, 2.24) is 4.90 Å². The molecule has 0 aromatic heterocycles. The van der Waals surface area contributed by atoms with E-state index in [-0.39, 0.29) is 5.72 Å². The van der Waals surface area contributed by atoms with Gasteiger partial charge >= 0.3 is 0 Å². The normalized spacial score (nSPS) is 29.7. The lowest BCUT2D eigenvalue weighted by Crippen LogP contribution is -2.38. The highest BCUT2D eigenvalue weighted by molar-refractivity contribution is 5.10. The number of allylic oxidation sites excluding steroid dienone is 1. The van der Waals surface area contributed by atoms with Crippen molar-refractivity contribution in [3.8, 4) is 0 Å². The molecule has 2 heteroatoms. The van der Waals surface area contributed by atoms with Crippen molar-refractivity contribution in [3.63, 3.8) is 0 Å². The van der Waals surface area contributed by atoms with E-state index >= 15 is 0 Å². The third kappa shape index (κ3) is 1.73. The van der Waals surface area contributed by atoms with E-state index < -0.39 is 0 Å². The summed E-state index contributed by atoms with van der Waals surface area (Å²) in [6.45, 7) is 13.1. The zero-order valence-corrected chi connectivity index (χ0v) is 9.26. The van der Waals surface area contributed by atoms with E-state index in [4.69, 9.17) is 4.74 Å². The van der Waals surface area contributed by atoms with Gasteiger partial charge in [-0.25, -0.2) is 0 Å². The molecule has 2 saturated heterocycles. The highest BCUT2D eigenvalue weighted by atomic mass is 16.5. The topological polar surface area (TPSA) is 12.5 Å². The Labute approximate surface area is 81.6 Å². The predicted octanol–water partition coefficient (Wildman–Crippen LogP) is 2.76. The maximum atomic E-state index is 5.64. The van der Waals surface area contributed by atoms with Gasteiger partial charge in [0.25, 0.3) is 0 Å². The molecular formula is C11H21NO. The third-order valence-electron chi connectivity index (χ3n) is 2.68. The van der Waals surface area contributed by atoms with Gasteiger partial charge in [-0.3, -0.25) is 0 Å². The molecule has 0 aromatic rings. The van der Waals surface area contributed by atoms with Crippen molar-refractivity contribution in [2.75, 3.05) is 6.61 Å². The summed E-state index contributed by atoms with van der Waals surface area (Å²) < 4.78 is 5.64. The zero-order chi connectivity index (χ0) is 10.1. The Morgan fingerprint density at radius 2 is 2.08 bits per heavy atom. The third-order valence-corrected chi connectivity index (χ3v) is 2.68. The smallest absolute Gasteiger partial charge is 0.135 e. The fourth-order valence-corrected chi connectivity index (χ4v) is 2.19. The molecule has 0 spiro atoms. The molecule has 0 N–H and O–H groups in total. The molecule has 0 saturated carbocycles. The first-order chi connectivity index (χ1) is 6.11. The molecule has 13 heavy (non-hydrogen) atoms. The van der Waals surface area contributed by atoms with Crippen LogP contribution < -0.4 is 0 Å². The van der Waals surface area contributed by atoms with Crippen molar-refractivity contribution in [3.05, 3.63) is 12.3 Å². The molecule has 1 atom stereocenters. The number of fused-ring (bicyclic) bond motifs is 1. The minimum absolute atomic E-state index is 0.0990. The van der Waals surface area contributed by atoms with Gasteiger partial charge in [-0.15, -0.1) is 0 Å². The highest BCUT2D eigenvalue weighted by Crippen LogP contribution is 2.39. The second-order valence-corrected chi connectivity index (χ2v) is 3.89. The Morgan fingerprint density at radius 1 is 1.46 bits per heavy atom. The van der Waals surface area contributed by atoms with Gasteiger partial charge in [0.15, 0.2) is 0 Å². The van der Waals surface area contributed by atoms with E-state index in [1.807, 2.05) is 13.8 Å². The van der Waals surface area contributed by atoms with Crippen LogP contribution in [0.15, 0.2) is 12.3 Å². The van der Waals surface area contributed by atoms with Gasteiger partial charge in [0.1, 0.15) is 5.72 Å². The lowest BCUT2D eigenvalue weighted by molar-refractivity contribution is -0.0348. The Kier molecular flexibility index (Phi) is 3.01. The van der Waals surface area contributed by atoms with E-state index in [0.29, 0.717) is 6.04 Å². The Balaban J connectivity index is 0.000000396. The van der Waals surface area contributed by atoms with Crippen LogP contribution in [0.2, 0.25) is 0 Å². The molecule has 1 unspecified atom stereocenters. The van der Waals surface area contributed by atoms with Crippen LogP contribution in [-0.2, 0) is 4.74 Å². The summed E-state index contributed by atoms with van der Waals surface area (Å²) in [7, 11) is 0. The van der Waals surface area contributed by atoms with Crippen molar-refractivity contribution in [1.29, 1.82) is 0 Å². The summed E-state index contributed by atoms with van der Waals surface area (Å²) in [5, 5.41) is 0. The predicted molar refractivity (Wildman–Crippen MR) is 55.4 cm³/mol. The maximum Gasteiger partial charge on any atom is 0.135 e. The molecule has 76 valence electrons. The van der Waals surface area contributed by atoms with Crippen LogP contribution in [0.1, 0.15) is 40.5 Å². The first-order valence-corrected chi connectivity index (χ1v) is 5.22. The fraction of sp³-hybridized carbons (Fsp3) is 0.818. The van der Waals surface area contributed by atoms with Crippen LogP contribution in [0, 0.1) is 0 Å². The van der Waals surface area contributed by atoms with Gasteiger partial charge in [0.05, 0.1) is 12.6 Å². The van der Waals surface area contributed by atoms with Crippen molar-refractivity contribution < 1.29 is 4.74 Å². The Hall–Kier alpha value is -0.500. The first-order valence-electron chi connectivity index (χ1n) is 5.22. The second-order valence-electron chi connectivity index (χ2n) is 3.89. The highest BCUT2D eigenvalue weighted by Gasteiger charge is 2.44. The van der Waals surface area contributed by atoms with Crippen molar-refractivity contribution in [2.24, 2.45) is 0 Å².